The molecule has 0 radical (unpaired) electrons. The van der Waals surface area contributed by atoms with Crippen molar-refractivity contribution >= 4 is 5.91 Å². The monoisotopic (exact) mass is 387 g/mol. The average molecular weight is 387 g/mol. The van der Waals surface area contributed by atoms with E-state index in [1.807, 2.05) is 37.3 Å². The maximum Gasteiger partial charge on any atom is 0.251 e. The molecule has 0 saturated carbocycles. The Morgan fingerprint density at radius 3 is 2.61 bits per heavy atom. The molecule has 7 heteroatoms. The molecule has 4 N–H and O–H groups in total. The van der Waals surface area contributed by atoms with Crippen molar-refractivity contribution in [2.45, 2.75) is 37.9 Å². The molecule has 1 aliphatic rings. The minimum atomic E-state index is -1.29. The molecule has 4 atom stereocenters. The molecule has 1 fully saturated rings. The Hall–Kier alpha value is -2.45. The second-order valence-corrected chi connectivity index (χ2v) is 6.88. The van der Waals surface area contributed by atoms with Crippen molar-refractivity contribution in [3.05, 3.63) is 65.2 Å². The van der Waals surface area contributed by atoms with Crippen molar-refractivity contribution in [2.24, 2.45) is 0 Å². The quantitative estimate of drug-likeness (QED) is 0.584. The van der Waals surface area contributed by atoms with Crippen LogP contribution in [0.25, 0.3) is 0 Å². The van der Waals surface area contributed by atoms with Crippen molar-refractivity contribution in [3.8, 4) is 5.75 Å². The van der Waals surface area contributed by atoms with Crippen molar-refractivity contribution in [1.82, 2.24) is 5.32 Å². The fraction of sp³-hybridized carbons (Fsp3) is 0.381. The van der Waals surface area contributed by atoms with Gasteiger partial charge in [0.25, 0.3) is 5.91 Å². The largest absolute Gasteiger partial charge is 0.489 e. The summed E-state index contributed by atoms with van der Waals surface area (Å²) in [7, 11) is 0. The van der Waals surface area contributed by atoms with Crippen LogP contribution in [0.2, 0.25) is 0 Å². The molecule has 3 rings (SSSR count). The van der Waals surface area contributed by atoms with Crippen LogP contribution in [0, 0.1) is 6.92 Å². The Morgan fingerprint density at radius 1 is 1.14 bits per heavy atom. The first-order valence-corrected chi connectivity index (χ1v) is 9.17. The normalized spacial score (nSPS) is 24.6. The number of aryl methyl sites for hydroxylation is 1. The van der Waals surface area contributed by atoms with Crippen LogP contribution in [0.5, 0.6) is 5.75 Å². The third-order valence-corrected chi connectivity index (χ3v) is 4.76. The van der Waals surface area contributed by atoms with Crippen molar-refractivity contribution in [2.75, 3.05) is 13.2 Å². The van der Waals surface area contributed by atoms with Crippen molar-refractivity contribution < 1.29 is 29.6 Å². The third-order valence-electron chi connectivity index (χ3n) is 4.76. The zero-order valence-corrected chi connectivity index (χ0v) is 15.6. The molecule has 0 bridgehead atoms. The van der Waals surface area contributed by atoms with E-state index in [1.165, 1.54) is 0 Å². The van der Waals surface area contributed by atoms with Gasteiger partial charge in [0.05, 0.1) is 6.61 Å². The van der Waals surface area contributed by atoms with Crippen LogP contribution in [-0.4, -0.2) is 58.8 Å². The van der Waals surface area contributed by atoms with Crippen LogP contribution in [0.15, 0.2) is 48.5 Å². The Bertz CT molecular complexity index is 797. The van der Waals surface area contributed by atoms with Crippen LogP contribution >= 0.6 is 0 Å². The zero-order valence-electron chi connectivity index (χ0n) is 15.6. The lowest BCUT2D eigenvalue weighted by atomic mass is 10.00. The maximum absolute atomic E-state index is 12.5. The molecule has 1 heterocycles. The number of carbonyl (C=O) groups excluding carboxylic acids is 1. The highest BCUT2D eigenvalue weighted by Gasteiger charge is 2.37. The second kappa shape index (κ2) is 9.16. The number of aliphatic hydroxyl groups is 3. The summed E-state index contributed by atoms with van der Waals surface area (Å²) in [4.78, 5) is 12.5. The zero-order chi connectivity index (χ0) is 20.1. The van der Waals surface area contributed by atoms with E-state index < -0.39 is 24.4 Å². The van der Waals surface area contributed by atoms with E-state index in [0.29, 0.717) is 17.9 Å². The summed E-state index contributed by atoms with van der Waals surface area (Å²) in [5.74, 6) is 0.351. The number of aliphatic hydroxyl groups excluding tert-OH is 3. The highest BCUT2D eigenvalue weighted by Crippen LogP contribution is 2.19. The van der Waals surface area contributed by atoms with Crippen molar-refractivity contribution in [1.29, 1.82) is 0 Å². The second-order valence-electron chi connectivity index (χ2n) is 6.88. The molecule has 1 aliphatic heterocycles. The molecule has 1 saturated heterocycles. The van der Waals surface area contributed by atoms with E-state index in [1.54, 1.807) is 18.2 Å². The van der Waals surface area contributed by atoms with Crippen LogP contribution < -0.4 is 10.1 Å². The Balaban J connectivity index is 1.55. The molecule has 28 heavy (non-hydrogen) atoms. The fourth-order valence-corrected chi connectivity index (χ4v) is 3.06. The standard InChI is InChI=1S/C21H25NO6/c1-13-9-15(27-11-14-5-3-2-4-6-14)7-8-16(13)21(26)22-10-18-20(25)19(24)17(23)12-28-18/h2-9,17-20,23-25H,10-12H2,1H3,(H,22,26)/t17-,18+,19+,20-/m0/s1. The molecule has 2 aromatic carbocycles. The molecule has 150 valence electrons. The summed E-state index contributed by atoms with van der Waals surface area (Å²) in [6.07, 6.45) is -4.47. The van der Waals surface area contributed by atoms with Gasteiger partial charge in [-0.15, -0.1) is 0 Å². The molecule has 0 unspecified atom stereocenters. The number of nitrogens with one attached hydrogen (secondary N) is 1. The number of hydrogen-bond donors (Lipinski definition) is 4. The summed E-state index contributed by atoms with van der Waals surface area (Å²) in [6, 6.07) is 15.0. The number of rotatable bonds is 6. The topological polar surface area (TPSA) is 108 Å². The van der Waals surface area contributed by atoms with Gasteiger partial charge in [-0.05, 0) is 36.2 Å². The maximum atomic E-state index is 12.5. The van der Waals surface area contributed by atoms with Gasteiger partial charge < -0.3 is 30.1 Å². The molecule has 0 aromatic heterocycles. The Labute approximate surface area is 163 Å². The van der Waals surface area contributed by atoms with Gasteiger partial charge in [-0.1, -0.05) is 30.3 Å². The first-order chi connectivity index (χ1) is 13.5. The number of carbonyl (C=O) groups is 1. The predicted octanol–water partition coefficient (Wildman–Crippen LogP) is 0.785. The lowest BCUT2D eigenvalue weighted by Crippen LogP contribution is -2.56. The molecular weight excluding hydrogens is 362 g/mol. The lowest BCUT2D eigenvalue weighted by molar-refractivity contribution is -0.184. The molecule has 0 spiro atoms. The van der Waals surface area contributed by atoms with Gasteiger partial charge in [-0.2, -0.15) is 0 Å². The van der Waals surface area contributed by atoms with Gasteiger partial charge in [0.1, 0.15) is 36.8 Å². The smallest absolute Gasteiger partial charge is 0.251 e. The average Bonchev–Trinajstić information content (AvgIpc) is 2.70. The van der Waals surface area contributed by atoms with Crippen LogP contribution in [0.4, 0.5) is 0 Å². The van der Waals surface area contributed by atoms with Gasteiger partial charge in [-0.25, -0.2) is 0 Å². The highest BCUT2D eigenvalue weighted by molar-refractivity contribution is 5.95. The minimum absolute atomic E-state index is 0.0233. The van der Waals surface area contributed by atoms with E-state index in [4.69, 9.17) is 9.47 Å². The van der Waals surface area contributed by atoms with Gasteiger partial charge in [0.15, 0.2) is 0 Å². The fourth-order valence-electron chi connectivity index (χ4n) is 3.06. The molecule has 2 aromatic rings. The first kappa shape index (κ1) is 20.3. The first-order valence-electron chi connectivity index (χ1n) is 9.17. The molecule has 7 nitrogen and oxygen atoms in total. The predicted molar refractivity (Wildman–Crippen MR) is 102 cm³/mol. The van der Waals surface area contributed by atoms with E-state index in [9.17, 15) is 20.1 Å². The Kier molecular flexibility index (Phi) is 6.64. The molecule has 1 amide bonds. The van der Waals surface area contributed by atoms with Gasteiger partial charge in [-0.3, -0.25) is 4.79 Å². The SMILES string of the molecule is Cc1cc(OCc2ccccc2)ccc1C(=O)NC[C@H]1OC[C@H](O)[C@@H](O)[C@H]1O. The van der Waals surface area contributed by atoms with Gasteiger partial charge in [0.2, 0.25) is 0 Å². The molecular formula is C21H25NO6. The summed E-state index contributed by atoms with van der Waals surface area (Å²) in [6.45, 7) is 2.19. The van der Waals surface area contributed by atoms with E-state index >= 15 is 0 Å². The van der Waals surface area contributed by atoms with Crippen molar-refractivity contribution in [3.63, 3.8) is 0 Å². The minimum Gasteiger partial charge on any atom is -0.489 e. The van der Waals surface area contributed by atoms with Gasteiger partial charge in [0, 0.05) is 12.1 Å². The molecule has 0 aliphatic carbocycles. The third kappa shape index (κ3) is 4.88. The number of hydrogen-bond acceptors (Lipinski definition) is 6. The van der Waals surface area contributed by atoms with Gasteiger partial charge >= 0.3 is 0 Å². The Morgan fingerprint density at radius 2 is 1.89 bits per heavy atom. The highest BCUT2D eigenvalue weighted by atomic mass is 16.5. The number of amides is 1. The summed E-state index contributed by atoms with van der Waals surface area (Å²) >= 11 is 0. The number of ether oxygens (including phenoxy) is 2. The summed E-state index contributed by atoms with van der Waals surface area (Å²) < 4.78 is 11.1. The summed E-state index contributed by atoms with van der Waals surface area (Å²) in [5, 5.41) is 31.8. The van der Waals surface area contributed by atoms with E-state index in [2.05, 4.69) is 5.32 Å². The van der Waals surface area contributed by atoms with Crippen LogP contribution in [0.1, 0.15) is 21.5 Å². The van der Waals surface area contributed by atoms with Crippen LogP contribution in [0.3, 0.4) is 0 Å². The lowest BCUT2D eigenvalue weighted by Gasteiger charge is -2.35. The summed E-state index contributed by atoms with van der Waals surface area (Å²) in [5.41, 5.74) is 2.29. The van der Waals surface area contributed by atoms with Crippen LogP contribution in [-0.2, 0) is 11.3 Å². The number of benzene rings is 2. The van der Waals surface area contributed by atoms with E-state index in [-0.39, 0.29) is 19.1 Å². The van der Waals surface area contributed by atoms with E-state index in [0.717, 1.165) is 11.1 Å².